The molecule has 1 unspecified atom stereocenters. The number of amides is 1. The molecule has 0 radical (unpaired) electrons. The number of aromatic nitrogens is 1. The Morgan fingerprint density at radius 1 is 1.60 bits per heavy atom. The van der Waals surface area contributed by atoms with Crippen LogP contribution in [-0.4, -0.2) is 51.4 Å². The second-order valence-corrected chi connectivity index (χ2v) is 6.68. The Hall–Kier alpha value is -1.93. The number of nitrogens with zero attached hydrogens (tertiary/aromatic N) is 3. The molecule has 0 fully saturated rings. The largest absolute Gasteiger partial charge is 0.484 e. The lowest BCUT2D eigenvalue weighted by Crippen LogP contribution is -2.35. The zero-order valence-corrected chi connectivity index (χ0v) is 15.8. The van der Waals surface area contributed by atoms with Crippen molar-refractivity contribution in [2.24, 2.45) is 0 Å². The van der Waals surface area contributed by atoms with E-state index in [4.69, 9.17) is 9.47 Å². The summed E-state index contributed by atoms with van der Waals surface area (Å²) in [6.45, 7) is 3.39. The zero-order chi connectivity index (χ0) is 18.1. The van der Waals surface area contributed by atoms with E-state index in [0.717, 1.165) is 12.1 Å². The summed E-state index contributed by atoms with van der Waals surface area (Å²) < 4.78 is 26.1. The molecule has 1 aliphatic rings. The first-order valence-electron chi connectivity index (χ1n) is 7.92. The maximum Gasteiger partial charge on any atom is 0.213 e. The predicted molar refractivity (Wildman–Crippen MR) is 98.0 cm³/mol. The SMILES string of the molecule is CCOCC1CN(C)c2c(N(C)C=O)cnc3cc(F)c(Br)c(c23)O1. The monoisotopic (exact) mass is 411 g/mol. The Morgan fingerprint density at radius 2 is 2.36 bits per heavy atom. The van der Waals surface area contributed by atoms with Gasteiger partial charge in [-0.05, 0) is 22.9 Å². The Kier molecular flexibility index (Phi) is 5.10. The first-order valence-corrected chi connectivity index (χ1v) is 8.71. The normalized spacial score (nSPS) is 16.5. The van der Waals surface area contributed by atoms with Crippen LogP contribution < -0.4 is 14.5 Å². The van der Waals surface area contributed by atoms with E-state index in [-0.39, 0.29) is 10.6 Å². The summed E-state index contributed by atoms with van der Waals surface area (Å²) in [6.07, 6.45) is 2.00. The van der Waals surface area contributed by atoms with Gasteiger partial charge < -0.3 is 19.3 Å². The minimum Gasteiger partial charge on any atom is -0.484 e. The molecule has 25 heavy (non-hydrogen) atoms. The second-order valence-electron chi connectivity index (χ2n) is 5.88. The van der Waals surface area contributed by atoms with E-state index in [1.807, 2.05) is 18.9 Å². The molecule has 6 nitrogen and oxygen atoms in total. The molecule has 0 bridgehead atoms. The van der Waals surface area contributed by atoms with E-state index >= 15 is 0 Å². The van der Waals surface area contributed by atoms with Crippen LogP contribution in [0.2, 0.25) is 0 Å². The average Bonchev–Trinajstić information content (AvgIpc) is 2.75. The summed E-state index contributed by atoms with van der Waals surface area (Å²) in [5.74, 6) is -0.0649. The molecule has 1 amide bonds. The van der Waals surface area contributed by atoms with Gasteiger partial charge in [-0.15, -0.1) is 0 Å². The van der Waals surface area contributed by atoms with Gasteiger partial charge in [0.25, 0.3) is 0 Å². The molecule has 0 saturated carbocycles. The van der Waals surface area contributed by atoms with Gasteiger partial charge in [-0.3, -0.25) is 9.78 Å². The molecule has 1 aromatic carbocycles. The number of carbonyl (C=O) groups excluding carboxylic acids is 1. The third-order valence-corrected chi connectivity index (χ3v) is 4.89. The molecular formula is C17H19BrFN3O3. The van der Waals surface area contributed by atoms with Crippen molar-refractivity contribution < 1.29 is 18.7 Å². The highest BCUT2D eigenvalue weighted by Gasteiger charge is 2.29. The third kappa shape index (κ3) is 3.16. The Bertz CT molecular complexity index is 818. The summed E-state index contributed by atoms with van der Waals surface area (Å²) >= 11 is 3.29. The highest BCUT2D eigenvalue weighted by atomic mass is 79.9. The zero-order valence-electron chi connectivity index (χ0n) is 14.3. The quantitative estimate of drug-likeness (QED) is 0.707. The number of likely N-dealkylation sites (N-methyl/N-ethyl adjacent to an activating group) is 1. The lowest BCUT2D eigenvalue weighted by Gasteiger charge is -2.26. The highest BCUT2D eigenvalue weighted by Crippen LogP contribution is 2.46. The molecule has 0 aliphatic carbocycles. The van der Waals surface area contributed by atoms with Crippen LogP contribution in [0.1, 0.15) is 6.92 Å². The third-order valence-electron chi connectivity index (χ3n) is 4.15. The van der Waals surface area contributed by atoms with Gasteiger partial charge in [0.1, 0.15) is 17.7 Å². The number of carbonyl (C=O) groups is 1. The smallest absolute Gasteiger partial charge is 0.213 e. The number of anilines is 2. The van der Waals surface area contributed by atoms with E-state index in [1.54, 1.807) is 13.2 Å². The Labute approximate surface area is 153 Å². The van der Waals surface area contributed by atoms with Crippen molar-refractivity contribution in [3.8, 4) is 5.75 Å². The molecule has 1 aromatic heterocycles. The Balaban J connectivity index is 2.26. The number of ether oxygens (including phenoxy) is 2. The van der Waals surface area contributed by atoms with Crippen LogP contribution in [-0.2, 0) is 9.53 Å². The van der Waals surface area contributed by atoms with Crippen molar-refractivity contribution >= 4 is 44.6 Å². The van der Waals surface area contributed by atoms with Crippen LogP contribution in [0.25, 0.3) is 10.9 Å². The minimum absolute atomic E-state index is 0.241. The van der Waals surface area contributed by atoms with E-state index in [0.29, 0.717) is 42.1 Å². The van der Waals surface area contributed by atoms with Gasteiger partial charge >= 0.3 is 0 Å². The van der Waals surface area contributed by atoms with Crippen molar-refractivity contribution in [1.82, 2.24) is 4.98 Å². The van der Waals surface area contributed by atoms with Crippen LogP contribution >= 0.6 is 15.9 Å². The predicted octanol–water partition coefficient (Wildman–Crippen LogP) is 2.96. The number of rotatable bonds is 5. The van der Waals surface area contributed by atoms with Gasteiger partial charge in [0.15, 0.2) is 0 Å². The fourth-order valence-corrected chi connectivity index (χ4v) is 3.40. The first kappa shape index (κ1) is 17.9. The van der Waals surface area contributed by atoms with E-state index in [9.17, 15) is 9.18 Å². The topological polar surface area (TPSA) is 54.9 Å². The van der Waals surface area contributed by atoms with E-state index < -0.39 is 5.82 Å². The lowest BCUT2D eigenvalue weighted by atomic mass is 10.1. The summed E-state index contributed by atoms with van der Waals surface area (Å²) in [7, 11) is 3.56. The fraction of sp³-hybridized carbons (Fsp3) is 0.412. The van der Waals surface area contributed by atoms with Gasteiger partial charge in [0.05, 0.1) is 46.1 Å². The number of pyridine rings is 1. The van der Waals surface area contributed by atoms with Gasteiger partial charge in [-0.2, -0.15) is 0 Å². The highest BCUT2D eigenvalue weighted by molar-refractivity contribution is 9.10. The molecule has 1 aliphatic heterocycles. The van der Waals surface area contributed by atoms with Crippen molar-refractivity contribution in [2.75, 3.05) is 43.7 Å². The maximum absolute atomic E-state index is 14.3. The molecule has 8 heteroatoms. The number of hydrogen-bond acceptors (Lipinski definition) is 5. The lowest BCUT2D eigenvalue weighted by molar-refractivity contribution is -0.107. The number of halogens is 2. The van der Waals surface area contributed by atoms with Crippen LogP contribution in [0.4, 0.5) is 15.8 Å². The Morgan fingerprint density at radius 3 is 3.04 bits per heavy atom. The first-order chi connectivity index (χ1) is 12.0. The maximum atomic E-state index is 14.3. The van der Waals surface area contributed by atoms with Crippen LogP contribution in [0.15, 0.2) is 16.7 Å². The van der Waals surface area contributed by atoms with Crippen LogP contribution in [0.3, 0.4) is 0 Å². The number of hydrogen-bond donors (Lipinski definition) is 0. The molecule has 2 aromatic rings. The standard InChI is InChI=1S/C17H19BrFN3O3/c1-4-24-8-10-7-21(2)16-13(22(3)9-23)6-20-12-5-11(19)15(18)17(25-10)14(12)16/h5-6,9-10H,4,7-8H2,1-3H3. The molecule has 0 spiro atoms. The molecule has 1 atom stereocenters. The second kappa shape index (κ2) is 7.13. The molecular weight excluding hydrogens is 393 g/mol. The molecule has 134 valence electrons. The van der Waals surface area contributed by atoms with Crippen LogP contribution in [0.5, 0.6) is 5.75 Å². The summed E-state index contributed by atoms with van der Waals surface area (Å²) in [5.41, 5.74) is 1.87. The van der Waals surface area contributed by atoms with Gasteiger partial charge in [0, 0.05) is 26.8 Å². The molecule has 0 N–H and O–H groups in total. The van der Waals surface area contributed by atoms with Gasteiger partial charge in [0.2, 0.25) is 6.41 Å². The minimum atomic E-state index is -0.447. The number of benzene rings is 1. The van der Waals surface area contributed by atoms with E-state index in [1.165, 1.54) is 11.0 Å². The van der Waals surface area contributed by atoms with Crippen molar-refractivity contribution in [2.45, 2.75) is 13.0 Å². The molecule has 0 saturated heterocycles. The average molecular weight is 412 g/mol. The van der Waals surface area contributed by atoms with Crippen LogP contribution in [0, 0.1) is 5.82 Å². The fourth-order valence-electron chi connectivity index (χ4n) is 2.99. The van der Waals surface area contributed by atoms with Gasteiger partial charge in [-0.25, -0.2) is 4.39 Å². The molecule has 3 rings (SSSR count). The summed E-state index contributed by atoms with van der Waals surface area (Å²) in [4.78, 5) is 19.0. The van der Waals surface area contributed by atoms with Crippen molar-refractivity contribution in [1.29, 1.82) is 0 Å². The van der Waals surface area contributed by atoms with Gasteiger partial charge in [-0.1, -0.05) is 0 Å². The van der Waals surface area contributed by atoms with E-state index in [2.05, 4.69) is 20.9 Å². The van der Waals surface area contributed by atoms with Crippen molar-refractivity contribution in [3.05, 3.63) is 22.6 Å². The summed E-state index contributed by atoms with van der Waals surface area (Å²) in [6, 6.07) is 1.36. The molecule has 2 heterocycles. The van der Waals surface area contributed by atoms with Crippen molar-refractivity contribution in [3.63, 3.8) is 0 Å². The summed E-state index contributed by atoms with van der Waals surface area (Å²) in [5, 5.41) is 0.668.